The van der Waals surface area contributed by atoms with Gasteiger partial charge >= 0.3 is 0 Å². The van der Waals surface area contributed by atoms with Crippen LogP contribution >= 0.6 is 0 Å². The van der Waals surface area contributed by atoms with Crippen molar-refractivity contribution in [3.05, 3.63) is 35.0 Å². The van der Waals surface area contributed by atoms with Gasteiger partial charge in [-0.1, -0.05) is 10.3 Å². The molecule has 0 saturated carbocycles. The summed E-state index contributed by atoms with van der Waals surface area (Å²) in [6.07, 6.45) is 1.45. The van der Waals surface area contributed by atoms with Crippen LogP contribution in [0, 0.1) is 20.8 Å². The Morgan fingerprint density at radius 3 is 2.36 bits per heavy atom. The summed E-state index contributed by atoms with van der Waals surface area (Å²) in [5.74, 6) is 0.0591. The van der Waals surface area contributed by atoms with Gasteiger partial charge in [-0.05, 0) is 26.8 Å². The van der Waals surface area contributed by atoms with Crippen molar-refractivity contribution in [2.75, 3.05) is 26.2 Å². The average Bonchev–Trinajstić information content (AvgIpc) is 3.23. The number of pyridine rings is 1. The van der Waals surface area contributed by atoms with Gasteiger partial charge in [0.25, 0.3) is 11.6 Å². The van der Waals surface area contributed by atoms with Gasteiger partial charge < -0.3 is 13.9 Å². The number of amides is 1. The zero-order valence-corrected chi connectivity index (χ0v) is 16.5. The monoisotopic (exact) mass is 405 g/mol. The van der Waals surface area contributed by atoms with E-state index >= 15 is 0 Å². The zero-order valence-electron chi connectivity index (χ0n) is 15.7. The Morgan fingerprint density at radius 1 is 1.04 bits per heavy atom. The van der Waals surface area contributed by atoms with Gasteiger partial charge in [-0.2, -0.15) is 4.31 Å². The molecule has 4 heterocycles. The molecule has 0 aliphatic carbocycles. The van der Waals surface area contributed by atoms with Crippen molar-refractivity contribution in [2.45, 2.75) is 25.7 Å². The van der Waals surface area contributed by atoms with E-state index in [0.717, 1.165) is 0 Å². The largest absolute Gasteiger partial charge is 0.360 e. The van der Waals surface area contributed by atoms with Crippen LogP contribution in [0.3, 0.4) is 0 Å². The Kier molecular flexibility index (Phi) is 4.42. The first-order chi connectivity index (χ1) is 13.3. The number of piperazine rings is 1. The van der Waals surface area contributed by atoms with Crippen LogP contribution in [0.25, 0.3) is 11.1 Å². The van der Waals surface area contributed by atoms with E-state index in [9.17, 15) is 13.2 Å². The van der Waals surface area contributed by atoms with E-state index in [0.29, 0.717) is 28.1 Å². The van der Waals surface area contributed by atoms with Crippen molar-refractivity contribution in [3.8, 4) is 0 Å². The van der Waals surface area contributed by atoms with Crippen LogP contribution in [0.5, 0.6) is 0 Å². The number of carbonyl (C=O) groups is 1. The van der Waals surface area contributed by atoms with Crippen molar-refractivity contribution >= 4 is 27.0 Å². The minimum atomic E-state index is -3.71. The molecule has 1 amide bonds. The molecule has 1 fully saturated rings. The first-order valence-electron chi connectivity index (χ1n) is 8.73. The number of aromatic nitrogens is 3. The Hall–Kier alpha value is -2.79. The van der Waals surface area contributed by atoms with Crippen LogP contribution in [0.2, 0.25) is 0 Å². The summed E-state index contributed by atoms with van der Waals surface area (Å²) >= 11 is 0. The summed E-state index contributed by atoms with van der Waals surface area (Å²) in [5, 5.41) is 8.24. The summed E-state index contributed by atoms with van der Waals surface area (Å²) < 4.78 is 37.2. The first-order valence-corrected chi connectivity index (χ1v) is 10.2. The summed E-state index contributed by atoms with van der Waals surface area (Å²) in [6.45, 7) is 5.89. The van der Waals surface area contributed by atoms with Crippen molar-refractivity contribution in [3.63, 3.8) is 0 Å². The van der Waals surface area contributed by atoms with Gasteiger partial charge in [0.2, 0.25) is 10.0 Å². The molecule has 0 bridgehead atoms. The van der Waals surface area contributed by atoms with Crippen LogP contribution in [-0.4, -0.2) is 65.0 Å². The molecule has 11 heteroatoms. The standard InChI is InChI=1S/C17H19N5O5S/c1-10-14-8-13(9-18-16(14)27-19-10)17(23)21-4-6-22(7-5-21)28(24,25)15-11(2)20-26-12(15)3/h8-9H,4-7H2,1-3H3. The van der Waals surface area contributed by atoms with Crippen LogP contribution < -0.4 is 0 Å². The fourth-order valence-electron chi connectivity index (χ4n) is 3.35. The molecule has 0 N–H and O–H groups in total. The van der Waals surface area contributed by atoms with E-state index in [1.54, 1.807) is 31.7 Å². The SMILES string of the molecule is Cc1noc(C)c1S(=O)(=O)N1CCN(C(=O)c2cnc3onc(C)c3c2)CC1. The maximum absolute atomic E-state index is 12.9. The van der Waals surface area contributed by atoms with E-state index < -0.39 is 10.0 Å². The molecule has 0 atom stereocenters. The van der Waals surface area contributed by atoms with Crippen LogP contribution in [0.15, 0.2) is 26.2 Å². The number of fused-ring (bicyclic) bond motifs is 1. The van der Waals surface area contributed by atoms with Crippen molar-refractivity contribution in [1.82, 2.24) is 24.5 Å². The second-order valence-corrected chi connectivity index (χ2v) is 8.57. The minimum absolute atomic E-state index is 0.102. The smallest absolute Gasteiger partial charge is 0.257 e. The molecule has 0 unspecified atom stereocenters. The van der Waals surface area contributed by atoms with Crippen LogP contribution in [0.4, 0.5) is 0 Å². The van der Waals surface area contributed by atoms with Crippen molar-refractivity contribution in [2.24, 2.45) is 0 Å². The van der Waals surface area contributed by atoms with E-state index in [2.05, 4.69) is 15.3 Å². The van der Waals surface area contributed by atoms with Gasteiger partial charge in [-0.25, -0.2) is 13.4 Å². The highest BCUT2D eigenvalue weighted by Gasteiger charge is 2.34. The second kappa shape index (κ2) is 6.67. The Balaban J connectivity index is 1.50. The fraction of sp³-hybridized carbons (Fsp3) is 0.412. The van der Waals surface area contributed by atoms with Crippen LogP contribution in [-0.2, 0) is 10.0 Å². The molecule has 0 aromatic carbocycles. The van der Waals surface area contributed by atoms with Gasteiger partial charge in [0.05, 0.1) is 16.6 Å². The molecule has 1 saturated heterocycles. The van der Waals surface area contributed by atoms with E-state index in [-0.39, 0.29) is 42.7 Å². The quantitative estimate of drug-likeness (QED) is 0.639. The number of rotatable bonds is 3. The van der Waals surface area contributed by atoms with E-state index in [4.69, 9.17) is 9.05 Å². The lowest BCUT2D eigenvalue weighted by atomic mass is 10.2. The molecule has 28 heavy (non-hydrogen) atoms. The highest BCUT2D eigenvalue weighted by Crippen LogP contribution is 2.25. The van der Waals surface area contributed by atoms with Gasteiger partial charge in [0, 0.05) is 32.4 Å². The van der Waals surface area contributed by atoms with Crippen molar-refractivity contribution in [1.29, 1.82) is 0 Å². The normalized spacial score (nSPS) is 16.0. The lowest BCUT2D eigenvalue weighted by Gasteiger charge is -2.33. The Bertz CT molecular complexity index is 1140. The summed E-state index contributed by atoms with van der Waals surface area (Å²) in [5.41, 5.74) is 1.79. The Labute approximate surface area is 161 Å². The molecular weight excluding hydrogens is 386 g/mol. The highest BCUT2D eigenvalue weighted by atomic mass is 32.2. The molecule has 1 aliphatic heterocycles. The maximum Gasteiger partial charge on any atom is 0.257 e. The molecule has 0 spiro atoms. The number of hydrogen-bond acceptors (Lipinski definition) is 8. The molecule has 4 rings (SSSR count). The molecule has 0 radical (unpaired) electrons. The highest BCUT2D eigenvalue weighted by molar-refractivity contribution is 7.89. The third-order valence-corrected chi connectivity index (χ3v) is 6.99. The minimum Gasteiger partial charge on any atom is -0.360 e. The van der Waals surface area contributed by atoms with E-state index in [1.807, 2.05) is 0 Å². The fourth-order valence-corrected chi connectivity index (χ4v) is 5.06. The molecular formula is C17H19N5O5S. The van der Waals surface area contributed by atoms with Gasteiger partial charge in [-0.3, -0.25) is 4.79 Å². The molecule has 10 nitrogen and oxygen atoms in total. The van der Waals surface area contributed by atoms with E-state index in [1.165, 1.54) is 10.5 Å². The Morgan fingerprint density at radius 2 is 1.71 bits per heavy atom. The van der Waals surface area contributed by atoms with Gasteiger partial charge in [0.1, 0.15) is 10.6 Å². The average molecular weight is 405 g/mol. The van der Waals surface area contributed by atoms with Gasteiger partial charge in [-0.15, -0.1) is 0 Å². The first kappa shape index (κ1) is 18.6. The molecule has 1 aliphatic rings. The number of hydrogen-bond donors (Lipinski definition) is 0. The molecule has 148 valence electrons. The van der Waals surface area contributed by atoms with Gasteiger partial charge in [0.15, 0.2) is 5.76 Å². The number of sulfonamides is 1. The van der Waals surface area contributed by atoms with Crippen LogP contribution in [0.1, 0.15) is 27.5 Å². The lowest BCUT2D eigenvalue weighted by Crippen LogP contribution is -2.50. The maximum atomic E-state index is 12.9. The zero-order chi connectivity index (χ0) is 20.1. The summed E-state index contributed by atoms with van der Waals surface area (Å²) in [4.78, 5) is 18.7. The third-order valence-electron chi connectivity index (χ3n) is 4.85. The van der Waals surface area contributed by atoms with Crippen molar-refractivity contribution < 1.29 is 22.3 Å². The predicted molar refractivity (Wildman–Crippen MR) is 97.2 cm³/mol. The number of aryl methyl sites for hydroxylation is 3. The third kappa shape index (κ3) is 2.96. The lowest BCUT2D eigenvalue weighted by molar-refractivity contribution is 0.0697. The number of nitrogens with zero attached hydrogens (tertiary/aromatic N) is 5. The summed E-state index contributed by atoms with van der Waals surface area (Å²) in [6, 6.07) is 1.70. The molecule has 3 aromatic rings. The summed E-state index contributed by atoms with van der Waals surface area (Å²) in [7, 11) is -3.71. The second-order valence-electron chi connectivity index (χ2n) is 6.69. The topological polar surface area (TPSA) is 123 Å². The number of carbonyl (C=O) groups excluding carboxylic acids is 1. The molecule has 3 aromatic heterocycles. The predicted octanol–water partition coefficient (Wildman–Crippen LogP) is 1.28.